The van der Waals surface area contributed by atoms with Crippen LogP contribution in [0.2, 0.25) is 0 Å². The molecule has 41 heavy (non-hydrogen) atoms. The smallest absolute Gasteiger partial charge is 0.338 e. The van der Waals surface area contributed by atoms with Crippen LogP contribution in [0.1, 0.15) is 25.0 Å². The number of ether oxygens (including phenoxy) is 1. The second-order valence-electron chi connectivity index (χ2n) is 9.09. The molecule has 5 aromatic rings. The van der Waals surface area contributed by atoms with Crippen molar-refractivity contribution >= 4 is 27.2 Å². The maximum Gasteiger partial charge on any atom is 0.338 e. The fourth-order valence-electron chi connectivity index (χ4n) is 4.33. The highest BCUT2D eigenvalue weighted by Crippen LogP contribution is 2.38. The first-order valence-corrected chi connectivity index (χ1v) is 13.6. The van der Waals surface area contributed by atoms with Gasteiger partial charge in [-0.1, -0.05) is 32.0 Å². The van der Waals surface area contributed by atoms with Gasteiger partial charge in [0.05, 0.1) is 19.0 Å². The minimum absolute atomic E-state index is 0.0495. The van der Waals surface area contributed by atoms with E-state index in [9.17, 15) is 18.4 Å². The number of anilines is 1. The van der Waals surface area contributed by atoms with Gasteiger partial charge in [0.15, 0.2) is 5.82 Å². The molecule has 0 aliphatic rings. The maximum absolute atomic E-state index is 14.7. The Morgan fingerprint density at radius 1 is 0.951 bits per heavy atom. The van der Waals surface area contributed by atoms with Crippen molar-refractivity contribution in [1.82, 2.24) is 24.2 Å². The predicted octanol–water partition coefficient (Wildman–Crippen LogP) is 4.68. The van der Waals surface area contributed by atoms with E-state index in [4.69, 9.17) is 10.5 Å². The molecule has 0 aliphatic carbocycles. The zero-order valence-corrected chi connectivity index (χ0v) is 24.1. The average molecular weight is 581 g/mol. The Balaban J connectivity index is 0.00000189. The number of rotatable bonds is 7. The van der Waals surface area contributed by atoms with Crippen LogP contribution in [0.5, 0.6) is 5.88 Å². The molecule has 0 bridgehead atoms. The molecule has 3 aromatic heterocycles. The van der Waals surface area contributed by atoms with E-state index < -0.39 is 29.4 Å². The zero-order valence-electron chi connectivity index (χ0n) is 23.3. The molecule has 214 valence electrons. The lowest BCUT2D eigenvalue weighted by molar-refractivity contribution is 0.391. The summed E-state index contributed by atoms with van der Waals surface area (Å²) in [7, 11) is 5.12. The third-order valence-electron chi connectivity index (χ3n) is 6.16. The standard InChI is InChI=1S/C27H24F2N6O3S.C2H6/c1-33(2)13-18-23-25(36)35(21-11-12-22(38-3)32-31-21)27(37)34(14-17-19(28)5-4-6-20(17)29)26(23)39-24(18)15-7-9-16(30)10-8-15;1-2/h4-12H,13-14,30H2,1-3H3;1-2H3. The van der Waals surface area contributed by atoms with Crippen LogP contribution in [0.25, 0.3) is 26.5 Å². The van der Waals surface area contributed by atoms with Crippen molar-refractivity contribution in [3.8, 4) is 22.1 Å². The Kier molecular flexibility index (Phi) is 8.94. The molecule has 0 aliphatic heterocycles. The topological polar surface area (TPSA) is 108 Å². The molecule has 0 spiro atoms. The number of methoxy groups -OCH3 is 1. The molecule has 2 aromatic carbocycles. The molecule has 0 unspecified atom stereocenters. The average Bonchev–Trinajstić information content (AvgIpc) is 3.33. The second-order valence-corrected chi connectivity index (χ2v) is 10.1. The second kappa shape index (κ2) is 12.4. The number of hydrogen-bond donors (Lipinski definition) is 1. The fourth-order valence-corrected chi connectivity index (χ4v) is 5.63. The van der Waals surface area contributed by atoms with Crippen LogP contribution in [0, 0.1) is 11.6 Å². The van der Waals surface area contributed by atoms with Gasteiger partial charge < -0.3 is 15.4 Å². The van der Waals surface area contributed by atoms with Crippen LogP contribution in [0.15, 0.2) is 64.2 Å². The van der Waals surface area contributed by atoms with Crippen LogP contribution in [0.4, 0.5) is 14.5 Å². The van der Waals surface area contributed by atoms with Crippen LogP contribution in [-0.4, -0.2) is 45.4 Å². The van der Waals surface area contributed by atoms with E-state index in [-0.39, 0.29) is 27.5 Å². The van der Waals surface area contributed by atoms with E-state index in [1.165, 1.54) is 41.2 Å². The quantitative estimate of drug-likeness (QED) is 0.279. The van der Waals surface area contributed by atoms with E-state index in [0.29, 0.717) is 17.8 Å². The fraction of sp³-hybridized carbons (Fsp3) is 0.241. The molecule has 0 saturated heterocycles. The minimum Gasteiger partial charge on any atom is -0.480 e. The van der Waals surface area contributed by atoms with Crippen molar-refractivity contribution < 1.29 is 13.5 Å². The number of benzene rings is 2. The number of aromatic nitrogens is 4. The molecule has 3 heterocycles. The summed E-state index contributed by atoms with van der Waals surface area (Å²) in [5.74, 6) is -1.47. The molecule has 0 atom stereocenters. The zero-order chi connectivity index (χ0) is 29.8. The monoisotopic (exact) mass is 580 g/mol. The molecule has 5 rings (SSSR count). The number of halogens is 2. The van der Waals surface area contributed by atoms with E-state index in [1.54, 1.807) is 12.1 Å². The van der Waals surface area contributed by atoms with Gasteiger partial charge in [-0.2, -0.15) is 0 Å². The highest BCUT2D eigenvalue weighted by atomic mass is 32.1. The van der Waals surface area contributed by atoms with Gasteiger partial charge in [-0.05, 0) is 55.6 Å². The van der Waals surface area contributed by atoms with Crippen LogP contribution >= 0.6 is 11.3 Å². The number of nitrogens with zero attached hydrogens (tertiary/aromatic N) is 5. The van der Waals surface area contributed by atoms with Crippen molar-refractivity contribution in [2.24, 2.45) is 0 Å². The van der Waals surface area contributed by atoms with Gasteiger partial charge in [0.2, 0.25) is 5.88 Å². The van der Waals surface area contributed by atoms with Crippen LogP contribution in [-0.2, 0) is 13.1 Å². The number of fused-ring (bicyclic) bond motifs is 1. The summed E-state index contributed by atoms with van der Waals surface area (Å²) in [5.41, 5.74) is 6.18. The van der Waals surface area contributed by atoms with Crippen LogP contribution < -0.4 is 21.7 Å². The summed E-state index contributed by atoms with van der Waals surface area (Å²) in [4.78, 5) is 30.8. The molecule has 0 amide bonds. The highest BCUT2D eigenvalue weighted by Gasteiger charge is 2.25. The van der Waals surface area contributed by atoms with Gasteiger partial charge in [-0.15, -0.1) is 21.5 Å². The molecule has 0 fully saturated rings. The van der Waals surface area contributed by atoms with Crippen LogP contribution in [0.3, 0.4) is 0 Å². The Bertz CT molecular complexity index is 1780. The van der Waals surface area contributed by atoms with Gasteiger partial charge in [0.1, 0.15) is 16.5 Å². The summed E-state index contributed by atoms with van der Waals surface area (Å²) in [6.45, 7) is 3.91. The third-order valence-corrected chi connectivity index (χ3v) is 7.47. The summed E-state index contributed by atoms with van der Waals surface area (Å²) in [6.07, 6.45) is 0. The maximum atomic E-state index is 14.7. The largest absolute Gasteiger partial charge is 0.480 e. The number of thiophene rings is 1. The summed E-state index contributed by atoms with van der Waals surface area (Å²) in [6, 6.07) is 13.5. The molecular weight excluding hydrogens is 550 g/mol. The normalized spacial score (nSPS) is 11.0. The molecule has 0 saturated carbocycles. The first-order valence-electron chi connectivity index (χ1n) is 12.8. The van der Waals surface area contributed by atoms with Gasteiger partial charge in [-0.3, -0.25) is 9.36 Å². The predicted molar refractivity (Wildman–Crippen MR) is 158 cm³/mol. The summed E-state index contributed by atoms with van der Waals surface area (Å²) in [5, 5.41) is 8.14. The van der Waals surface area contributed by atoms with Gasteiger partial charge in [0, 0.05) is 28.7 Å². The summed E-state index contributed by atoms with van der Waals surface area (Å²) >= 11 is 1.20. The lowest BCUT2D eigenvalue weighted by Gasteiger charge is -2.14. The molecule has 0 radical (unpaired) electrons. The van der Waals surface area contributed by atoms with E-state index in [2.05, 4.69) is 10.2 Å². The number of nitrogens with two attached hydrogens (primary N) is 1. The lowest BCUT2D eigenvalue weighted by Crippen LogP contribution is -2.39. The van der Waals surface area contributed by atoms with Gasteiger partial charge >= 0.3 is 5.69 Å². The highest BCUT2D eigenvalue weighted by molar-refractivity contribution is 7.22. The Labute approximate surface area is 239 Å². The van der Waals surface area contributed by atoms with Crippen molar-refractivity contribution in [3.63, 3.8) is 0 Å². The van der Waals surface area contributed by atoms with Gasteiger partial charge in [-0.25, -0.2) is 18.1 Å². The first-order chi connectivity index (χ1) is 19.7. The SMILES string of the molecule is CC.COc1ccc(-n2c(=O)c3c(CN(C)C)c(-c4ccc(N)cc4)sc3n(Cc3c(F)cccc3F)c2=O)nn1. The van der Waals surface area contributed by atoms with E-state index >= 15 is 0 Å². The lowest BCUT2D eigenvalue weighted by atomic mass is 10.1. The van der Waals surface area contributed by atoms with Gasteiger partial charge in [0.25, 0.3) is 5.56 Å². The van der Waals surface area contributed by atoms with Crippen molar-refractivity contribution in [2.75, 3.05) is 26.9 Å². The first kappa shape index (κ1) is 29.6. The van der Waals surface area contributed by atoms with E-state index in [1.807, 2.05) is 45.0 Å². The molecule has 12 heteroatoms. The molecule has 2 N–H and O–H groups in total. The van der Waals surface area contributed by atoms with E-state index in [0.717, 1.165) is 27.1 Å². The Hall–Kier alpha value is -4.42. The third kappa shape index (κ3) is 5.74. The number of hydrogen-bond acceptors (Lipinski definition) is 8. The Morgan fingerprint density at radius 2 is 1.61 bits per heavy atom. The molecule has 9 nitrogen and oxygen atoms in total. The van der Waals surface area contributed by atoms with Crippen molar-refractivity contribution in [1.29, 1.82) is 0 Å². The minimum atomic E-state index is -0.809. The van der Waals surface area contributed by atoms with Crippen molar-refractivity contribution in [2.45, 2.75) is 26.9 Å². The summed E-state index contributed by atoms with van der Waals surface area (Å²) < 4.78 is 36.6. The molecular formula is C29H30F2N6O3S. The Morgan fingerprint density at radius 3 is 2.17 bits per heavy atom. The van der Waals surface area contributed by atoms with Crippen molar-refractivity contribution in [3.05, 3.63) is 98.2 Å². The number of nitrogen functional groups attached to an aromatic ring is 1.